The van der Waals surface area contributed by atoms with Gasteiger partial charge < -0.3 is 10.5 Å². The van der Waals surface area contributed by atoms with Crippen LogP contribution in [0.4, 0.5) is 0 Å². The quantitative estimate of drug-likeness (QED) is 0.667. The Kier molecular flexibility index (Phi) is 5.91. The number of carbonyl (C=O) groups excluding carboxylic acids is 1. The van der Waals surface area contributed by atoms with E-state index in [1.165, 1.54) is 18.9 Å². The highest BCUT2D eigenvalue weighted by atomic mass is 16.5. The molecule has 2 rings (SSSR count). The Balaban J connectivity index is 0.000000184. The van der Waals surface area contributed by atoms with E-state index in [2.05, 4.69) is 26.0 Å². The van der Waals surface area contributed by atoms with Crippen LogP contribution >= 0.6 is 0 Å². The van der Waals surface area contributed by atoms with Gasteiger partial charge in [-0.2, -0.15) is 0 Å². The van der Waals surface area contributed by atoms with Gasteiger partial charge in [0.1, 0.15) is 0 Å². The first-order valence-electron chi connectivity index (χ1n) is 5.21. The van der Waals surface area contributed by atoms with Crippen molar-refractivity contribution in [1.82, 2.24) is 11.0 Å². The molecule has 1 aromatic carbocycles. The van der Waals surface area contributed by atoms with Gasteiger partial charge >= 0.3 is 5.97 Å². The van der Waals surface area contributed by atoms with Crippen molar-refractivity contribution < 1.29 is 9.53 Å². The Labute approximate surface area is 105 Å². The predicted octanol–water partition coefficient (Wildman–Crippen LogP) is 0.621. The zero-order valence-electron chi connectivity index (χ0n) is 9.96. The number of esters is 1. The number of nitrogens with two attached hydrogens (primary N) is 1. The monoisotopic (exact) mass is 249 g/mol. The molecule has 1 aliphatic heterocycles. The molecule has 4 N–H and O–H groups in total. The summed E-state index contributed by atoms with van der Waals surface area (Å²) in [6.45, 7) is 0.640. The minimum atomic E-state index is -0.516. The van der Waals surface area contributed by atoms with Crippen molar-refractivity contribution in [2.45, 2.75) is 6.54 Å². The van der Waals surface area contributed by atoms with Crippen molar-refractivity contribution in [2.75, 3.05) is 7.11 Å². The number of hydrogen-bond donors (Lipinski definition) is 3. The Morgan fingerprint density at radius 2 is 2.11 bits per heavy atom. The lowest BCUT2D eigenvalue weighted by Gasteiger charge is -2.04. The van der Waals surface area contributed by atoms with Gasteiger partial charge in [0.2, 0.25) is 0 Å². The number of nitrogens with zero attached hydrogens (tertiary/aromatic N) is 2. The number of hydrazine groups is 1. The van der Waals surface area contributed by atoms with Crippen LogP contribution in [0, 0.1) is 0 Å². The molecule has 18 heavy (non-hydrogen) atoms. The maximum Gasteiger partial charge on any atom is 0.360 e. The molecule has 0 saturated heterocycles. The van der Waals surface area contributed by atoms with Crippen molar-refractivity contribution in [3.05, 3.63) is 47.8 Å². The average Bonchev–Trinajstić information content (AvgIpc) is 2.49. The summed E-state index contributed by atoms with van der Waals surface area (Å²) >= 11 is 0. The van der Waals surface area contributed by atoms with E-state index < -0.39 is 5.97 Å². The van der Waals surface area contributed by atoms with E-state index in [4.69, 9.17) is 5.73 Å². The van der Waals surface area contributed by atoms with E-state index in [1.807, 2.05) is 30.3 Å². The molecule has 0 bridgehead atoms. The minimum Gasteiger partial charge on any atom is -0.464 e. The van der Waals surface area contributed by atoms with Crippen LogP contribution in [0.3, 0.4) is 0 Å². The third-order valence-electron chi connectivity index (χ3n) is 1.95. The molecular formula is C11H15N5O2. The zero-order chi connectivity index (χ0) is 13.2. The van der Waals surface area contributed by atoms with Gasteiger partial charge in [0, 0.05) is 6.54 Å². The highest BCUT2D eigenvalue weighted by Crippen LogP contribution is 1.99. The first-order chi connectivity index (χ1) is 8.77. The second kappa shape index (κ2) is 7.80. The molecule has 7 nitrogen and oxygen atoms in total. The molecule has 0 unspecified atom stereocenters. The number of ether oxygens (including phenoxy) is 1. The van der Waals surface area contributed by atoms with Crippen LogP contribution in [-0.2, 0) is 16.1 Å². The highest BCUT2D eigenvalue weighted by Gasteiger charge is 2.09. The molecule has 0 fully saturated rings. The summed E-state index contributed by atoms with van der Waals surface area (Å²) < 4.78 is 4.36. The number of nitrogens with one attached hydrogen (secondary N) is 2. The SMILES string of the molecule is COC(=O)C1=CNNN=N1.NCc1ccccc1. The van der Waals surface area contributed by atoms with Crippen LogP contribution in [0.5, 0.6) is 0 Å². The second-order valence-corrected chi connectivity index (χ2v) is 3.17. The minimum absolute atomic E-state index is 0.140. The number of carbonyl (C=O) groups is 1. The summed E-state index contributed by atoms with van der Waals surface area (Å²) in [5, 5.41) is 6.76. The largest absolute Gasteiger partial charge is 0.464 e. The number of methoxy groups -OCH3 is 1. The van der Waals surface area contributed by atoms with Crippen molar-refractivity contribution in [1.29, 1.82) is 0 Å². The Morgan fingerprint density at radius 1 is 1.39 bits per heavy atom. The van der Waals surface area contributed by atoms with Gasteiger partial charge in [0.25, 0.3) is 0 Å². The number of rotatable bonds is 2. The fourth-order valence-electron chi connectivity index (χ4n) is 1.06. The van der Waals surface area contributed by atoms with Gasteiger partial charge in [-0.3, -0.25) is 5.43 Å². The lowest BCUT2D eigenvalue weighted by Crippen LogP contribution is -2.25. The number of hydrogen-bond acceptors (Lipinski definition) is 7. The van der Waals surface area contributed by atoms with Crippen LogP contribution in [0.15, 0.2) is 52.6 Å². The van der Waals surface area contributed by atoms with Crippen molar-refractivity contribution in [3.8, 4) is 0 Å². The number of benzene rings is 1. The first-order valence-corrected chi connectivity index (χ1v) is 5.21. The topological polar surface area (TPSA) is 101 Å². The smallest absolute Gasteiger partial charge is 0.360 e. The normalized spacial score (nSPS) is 12.2. The Morgan fingerprint density at radius 3 is 2.56 bits per heavy atom. The lowest BCUT2D eigenvalue weighted by molar-refractivity contribution is -0.136. The summed E-state index contributed by atoms with van der Waals surface area (Å²) in [6, 6.07) is 9.99. The van der Waals surface area contributed by atoms with Gasteiger partial charge in [-0.05, 0) is 5.56 Å². The third kappa shape index (κ3) is 4.62. The Bertz CT molecular complexity index is 430. The predicted molar refractivity (Wildman–Crippen MR) is 65.6 cm³/mol. The molecule has 1 heterocycles. The van der Waals surface area contributed by atoms with Gasteiger partial charge in [-0.1, -0.05) is 35.6 Å². The highest BCUT2D eigenvalue weighted by molar-refractivity contribution is 5.87. The van der Waals surface area contributed by atoms with Crippen LogP contribution < -0.4 is 16.7 Å². The van der Waals surface area contributed by atoms with Gasteiger partial charge in [-0.25, -0.2) is 10.3 Å². The fourth-order valence-corrected chi connectivity index (χ4v) is 1.06. The third-order valence-corrected chi connectivity index (χ3v) is 1.95. The molecule has 0 spiro atoms. The van der Waals surface area contributed by atoms with Crippen LogP contribution in [0.2, 0.25) is 0 Å². The lowest BCUT2D eigenvalue weighted by atomic mass is 10.2. The molecule has 96 valence electrons. The first kappa shape index (κ1) is 13.7. The zero-order valence-corrected chi connectivity index (χ0v) is 9.96. The van der Waals surface area contributed by atoms with Crippen molar-refractivity contribution >= 4 is 5.97 Å². The Hall–Kier alpha value is -2.41. The second-order valence-electron chi connectivity index (χ2n) is 3.17. The van der Waals surface area contributed by atoms with E-state index in [1.54, 1.807) is 0 Å². The molecule has 1 aromatic rings. The summed E-state index contributed by atoms with van der Waals surface area (Å²) in [5.74, 6) is -0.516. The van der Waals surface area contributed by atoms with E-state index in [0.717, 1.165) is 0 Å². The molecule has 0 saturated carbocycles. The van der Waals surface area contributed by atoms with E-state index >= 15 is 0 Å². The van der Waals surface area contributed by atoms with Gasteiger partial charge in [0.15, 0.2) is 5.70 Å². The van der Waals surface area contributed by atoms with Gasteiger partial charge in [0.05, 0.1) is 13.3 Å². The standard InChI is InChI=1S/C7H9N.C4H6N4O2/c8-6-7-4-2-1-3-5-7;1-10-4(9)3-2-5-7-8-6-3/h1-5H,6,8H2;2H,1H3,(H,5,8)(H,6,7). The molecule has 7 heteroatoms. The fraction of sp³-hybridized carbons (Fsp3) is 0.182. The van der Waals surface area contributed by atoms with Crippen molar-refractivity contribution in [3.63, 3.8) is 0 Å². The summed E-state index contributed by atoms with van der Waals surface area (Å²) in [4.78, 5) is 10.7. The average molecular weight is 249 g/mol. The molecule has 0 aliphatic carbocycles. The molecule has 0 aromatic heterocycles. The van der Waals surface area contributed by atoms with Gasteiger partial charge in [-0.15, -0.1) is 5.11 Å². The van der Waals surface area contributed by atoms with Crippen LogP contribution in [0.25, 0.3) is 0 Å². The summed E-state index contributed by atoms with van der Waals surface area (Å²) in [5.41, 5.74) is 11.5. The van der Waals surface area contributed by atoms with E-state index in [-0.39, 0.29) is 5.70 Å². The maximum atomic E-state index is 10.7. The molecule has 0 amide bonds. The molecular weight excluding hydrogens is 234 g/mol. The molecule has 1 aliphatic rings. The maximum absolute atomic E-state index is 10.7. The summed E-state index contributed by atoms with van der Waals surface area (Å²) in [7, 11) is 1.28. The van der Waals surface area contributed by atoms with Crippen LogP contribution in [0.1, 0.15) is 5.56 Å². The van der Waals surface area contributed by atoms with E-state index in [9.17, 15) is 4.79 Å². The van der Waals surface area contributed by atoms with E-state index in [0.29, 0.717) is 6.54 Å². The van der Waals surface area contributed by atoms with Crippen LogP contribution in [-0.4, -0.2) is 13.1 Å². The van der Waals surface area contributed by atoms with Crippen molar-refractivity contribution in [2.24, 2.45) is 16.1 Å². The summed E-state index contributed by atoms with van der Waals surface area (Å²) in [6.07, 6.45) is 1.36. The molecule has 0 atom stereocenters. The molecule has 0 radical (unpaired) electrons.